The summed E-state index contributed by atoms with van der Waals surface area (Å²) < 4.78 is 7.56. The molecule has 178 valence electrons. The fourth-order valence-corrected chi connectivity index (χ4v) is 5.03. The molecule has 0 atom stereocenters. The van der Waals surface area contributed by atoms with Crippen LogP contribution in [0.2, 0.25) is 0 Å². The average Bonchev–Trinajstić information content (AvgIpc) is 3.59. The molecule has 5 rings (SSSR count). The second-order valence-electron chi connectivity index (χ2n) is 8.89. The maximum atomic E-state index is 12.8. The lowest BCUT2D eigenvalue weighted by atomic mass is 9.96. The Morgan fingerprint density at radius 3 is 2.43 bits per heavy atom. The molecule has 7 heteroatoms. The number of hydrogen-bond donors (Lipinski definition) is 1. The van der Waals surface area contributed by atoms with Crippen LogP contribution in [-0.4, -0.2) is 40.1 Å². The van der Waals surface area contributed by atoms with Gasteiger partial charge in [0.05, 0.1) is 18.4 Å². The smallest absolute Gasteiger partial charge is 0.230 e. The number of para-hydroxylation sites is 1. The van der Waals surface area contributed by atoms with Crippen LogP contribution < -0.4 is 10.1 Å². The van der Waals surface area contributed by atoms with Crippen molar-refractivity contribution in [1.29, 1.82) is 0 Å². The Morgan fingerprint density at radius 1 is 1.00 bits per heavy atom. The molecule has 0 aliphatic heterocycles. The molecule has 0 bridgehead atoms. The third-order valence-electron chi connectivity index (χ3n) is 6.47. The molecule has 0 unspecified atom stereocenters. The monoisotopic (exact) mass is 484 g/mol. The topological polar surface area (TPSA) is 69.0 Å². The summed E-state index contributed by atoms with van der Waals surface area (Å²) in [6.45, 7) is 2.71. The Labute approximate surface area is 209 Å². The zero-order chi connectivity index (χ0) is 24.3. The van der Waals surface area contributed by atoms with Gasteiger partial charge in [-0.05, 0) is 49.6 Å². The number of nitrogens with one attached hydrogen (secondary N) is 1. The van der Waals surface area contributed by atoms with Crippen LogP contribution >= 0.6 is 11.8 Å². The summed E-state index contributed by atoms with van der Waals surface area (Å²) >= 11 is 1.39. The highest BCUT2D eigenvalue weighted by atomic mass is 32.2. The lowest BCUT2D eigenvalue weighted by molar-refractivity contribution is -0.118. The number of amides is 1. The van der Waals surface area contributed by atoms with E-state index in [4.69, 9.17) is 4.74 Å². The van der Waals surface area contributed by atoms with Crippen molar-refractivity contribution < 1.29 is 9.53 Å². The Balaban J connectivity index is 1.35. The van der Waals surface area contributed by atoms with E-state index in [1.165, 1.54) is 22.9 Å². The minimum absolute atomic E-state index is 0.00509. The molecule has 1 fully saturated rings. The molecule has 1 N–H and O–H groups in total. The number of rotatable bonds is 9. The van der Waals surface area contributed by atoms with Gasteiger partial charge in [-0.15, -0.1) is 10.2 Å². The van der Waals surface area contributed by atoms with E-state index < -0.39 is 0 Å². The fraction of sp³-hybridized carbons (Fsp3) is 0.250. The van der Waals surface area contributed by atoms with Crippen molar-refractivity contribution in [3.05, 3.63) is 90.0 Å². The van der Waals surface area contributed by atoms with Crippen molar-refractivity contribution in [2.75, 3.05) is 19.4 Å². The van der Waals surface area contributed by atoms with Crippen molar-refractivity contribution in [3.63, 3.8) is 0 Å². The van der Waals surface area contributed by atoms with E-state index in [1.807, 2.05) is 47.0 Å². The standard InChI is InChI=1S/C28H28N4O2S/c1-20-12-14-22(15-13-20)32-26(23-10-6-7-11-24(23)34-2)30-31-27(32)35-18-25(33)29-19-28(16-17-28)21-8-4-3-5-9-21/h3-15H,16-19H2,1-2H3,(H,29,33). The van der Waals surface area contributed by atoms with E-state index in [1.54, 1.807) is 7.11 Å². The number of ether oxygens (including phenoxy) is 1. The van der Waals surface area contributed by atoms with Crippen molar-refractivity contribution in [1.82, 2.24) is 20.1 Å². The molecule has 0 radical (unpaired) electrons. The first kappa shape index (κ1) is 23.2. The number of methoxy groups -OCH3 is 1. The van der Waals surface area contributed by atoms with Gasteiger partial charge in [0, 0.05) is 17.6 Å². The van der Waals surface area contributed by atoms with E-state index >= 15 is 0 Å². The van der Waals surface area contributed by atoms with Gasteiger partial charge < -0.3 is 10.1 Å². The Morgan fingerprint density at radius 2 is 1.71 bits per heavy atom. The van der Waals surface area contributed by atoms with Gasteiger partial charge in [0.1, 0.15) is 5.75 Å². The summed E-state index contributed by atoms with van der Waals surface area (Å²) in [5.74, 6) is 1.66. The van der Waals surface area contributed by atoms with E-state index in [2.05, 4.69) is 58.8 Å². The first-order valence-corrected chi connectivity index (χ1v) is 12.7. The highest BCUT2D eigenvalue weighted by molar-refractivity contribution is 7.99. The molecule has 1 amide bonds. The van der Waals surface area contributed by atoms with E-state index in [-0.39, 0.29) is 17.1 Å². The average molecular weight is 485 g/mol. The highest BCUT2D eigenvalue weighted by Gasteiger charge is 2.44. The zero-order valence-electron chi connectivity index (χ0n) is 19.9. The normalized spacial score (nSPS) is 13.9. The Bertz CT molecular complexity index is 1310. The van der Waals surface area contributed by atoms with Crippen molar-refractivity contribution >= 4 is 17.7 Å². The number of carbonyl (C=O) groups is 1. The Hall–Kier alpha value is -3.58. The molecule has 1 saturated carbocycles. The summed E-state index contributed by atoms with van der Waals surface area (Å²) in [6.07, 6.45) is 2.21. The number of aromatic nitrogens is 3. The first-order chi connectivity index (χ1) is 17.1. The summed E-state index contributed by atoms with van der Waals surface area (Å²) in [7, 11) is 1.65. The van der Waals surface area contributed by atoms with Crippen LogP contribution in [0.25, 0.3) is 17.1 Å². The second-order valence-corrected chi connectivity index (χ2v) is 9.83. The Kier molecular flexibility index (Phi) is 6.59. The molecule has 6 nitrogen and oxygen atoms in total. The van der Waals surface area contributed by atoms with Crippen LogP contribution in [0, 0.1) is 6.92 Å². The largest absolute Gasteiger partial charge is 0.496 e. The van der Waals surface area contributed by atoms with Crippen LogP contribution in [-0.2, 0) is 10.2 Å². The van der Waals surface area contributed by atoms with Gasteiger partial charge in [-0.1, -0.05) is 71.9 Å². The molecule has 1 aliphatic carbocycles. The van der Waals surface area contributed by atoms with Crippen molar-refractivity contribution in [3.8, 4) is 22.8 Å². The number of thioether (sulfide) groups is 1. The molecule has 35 heavy (non-hydrogen) atoms. The van der Waals surface area contributed by atoms with Gasteiger partial charge in [-0.3, -0.25) is 9.36 Å². The van der Waals surface area contributed by atoms with E-state index in [0.717, 1.165) is 29.8 Å². The molecular weight excluding hydrogens is 456 g/mol. The van der Waals surface area contributed by atoms with E-state index in [0.29, 0.717) is 17.5 Å². The lowest BCUT2D eigenvalue weighted by Crippen LogP contribution is -2.33. The maximum Gasteiger partial charge on any atom is 0.230 e. The zero-order valence-corrected chi connectivity index (χ0v) is 20.7. The third-order valence-corrected chi connectivity index (χ3v) is 7.40. The number of benzene rings is 3. The molecule has 0 spiro atoms. The van der Waals surface area contributed by atoms with Gasteiger partial charge in [-0.2, -0.15) is 0 Å². The third kappa shape index (κ3) is 4.95. The molecule has 0 saturated heterocycles. The van der Waals surface area contributed by atoms with Gasteiger partial charge in [-0.25, -0.2) is 0 Å². The lowest BCUT2D eigenvalue weighted by Gasteiger charge is -2.16. The summed E-state index contributed by atoms with van der Waals surface area (Å²) in [5, 5.41) is 12.7. The summed E-state index contributed by atoms with van der Waals surface area (Å²) in [4.78, 5) is 12.8. The van der Waals surface area contributed by atoms with Crippen molar-refractivity contribution in [2.45, 2.75) is 30.3 Å². The minimum atomic E-state index is -0.00509. The van der Waals surface area contributed by atoms with Crippen LogP contribution in [0.4, 0.5) is 0 Å². The van der Waals surface area contributed by atoms with Crippen LogP contribution in [0.15, 0.2) is 84.0 Å². The number of aryl methyl sites for hydroxylation is 1. The minimum Gasteiger partial charge on any atom is -0.496 e. The number of hydrogen-bond acceptors (Lipinski definition) is 5. The second kappa shape index (κ2) is 9.96. The summed E-state index contributed by atoms with van der Waals surface area (Å²) in [5.41, 5.74) is 4.33. The molecule has 4 aromatic rings. The molecule has 3 aromatic carbocycles. The first-order valence-electron chi connectivity index (χ1n) is 11.7. The fourth-order valence-electron chi connectivity index (χ4n) is 4.25. The van der Waals surface area contributed by atoms with Gasteiger partial charge >= 0.3 is 0 Å². The van der Waals surface area contributed by atoms with Crippen LogP contribution in [0.1, 0.15) is 24.0 Å². The van der Waals surface area contributed by atoms with Gasteiger partial charge in [0.15, 0.2) is 11.0 Å². The highest BCUT2D eigenvalue weighted by Crippen LogP contribution is 2.47. The number of carbonyl (C=O) groups excluding carboxylic acids is 1. The predicted molar refractivity (Wildman–Crippen MR) is 139 cm³/mol. The molecular formula is C28H28N4O2S. The van der Waals surface area contributed by atoms with Gasteiger partial charge in [0.2, 0.25) is 5.91 Å². The quantitative estimate of drug-likeness (QED) is 0.331. The van der Waals surface area contributed by atoms with Gasteiger partial charge in [0.25, 0.3) is 0 Å². The molecule has 1 aromatic heterocycles. The van der Waals surface area contributed by atoms with Crippen molar-refractivity contribution in [2.24, 2.45) is 0 Å². The molecule has 1 aliphatic rings. The predicted octanol–water partition coefficient (Wildman–Crippen LogP) is 5.19. The molecule has 1 heterocycles. The maximum absolute atomic E-state index is 12.8. The summed E-state index contributed by atoms with van der Waals surface area (Å²) in [6, 6.07) is 26.4. The SMILES string of the molecule is COc1ccccc1-c1nnc(SCC(=O)NCC2(c3ccccc3)CC2)n1-c1ccc(C)cc1. The van der Waals surface area contributed by atoms with Crippen LogP contribution in [0.5, 0.6) is 5.75 Å². The number of nitrogens with zero attached hydrogens (tertiary/aromatic N) is 3. The van der Waals surface area contributed by atoms with E-state index in [9.17, 15) is 4.79 Å². The van der Waals surface area contributed by atoms with Crippen LogP contribution in [0.3, 0.4) is 0 Å².